The van der Waals surface area contributed by atoms with E-state index in [9.17, 15) is 5.11 Å². The highest BCUT2D eigenvalue weighted by Crippen LogP contribution is 2.31. The molecule has 0 aromatic heterocycles. The zero-order valence-electron chi connectivity index (χ0n) is 12.3. The molecular weight excluding hydrogens is 236 g/mol. The lowest BCUT2D eigenvalue weighted by Crippen LogP contribution is -2.37. The number of nitrogens with one attached hydrogen (secondary N) is 1. The van der Waals surface area contributed by atoms with Gasteiger partial charge in [-0.15, -0.1) is 0 Å². The number of aliphatic hydroxyl groups excluding tert-OH is 1. The van der Waals surface area contributed by atoms with Gasteiger partial charge >= 0.3 is 0 Å². The summed E-state index contributed by atoms with van der Waals surface area (Å²) in [5, 5.41) is 12.9. The van der Waals surface area contributed by atoms with E-state index in [2.05, 4.69) is 55.4 Å². The number of nitrogens with zero attached hydrogens (tertiary/aromatic N) is 1. The van der Waals surface area contributed by atoms with E-state index in [4.69, 9.17) is 0 Å². The van der Waals surface area contributed by atoms with Gasteiger partial charge in [0.25, 0.3) is 0 Å². The van der Waals surface area contributed by atoms with Crippen molar-refractivity contribution in [2.45, 2.75) is 38.8 Å². The van der Waals surface area contributed by atoms with Crippen LogP contribution in [0, 0.1) is 5.92 Å². The molecule has 2 rings (SSSR count). The molecule has 1 atom stereocenters. The topological polar surface area (TPSA) is 35.5 Å². The summed E-state index contributed by atoms with van der Waals surface area (Å²) in [5.74, 6) is 0.641. The standard InChI is InChI=1S/C16H26N2O/c1-4-17-12(2)15-7-5-6-8-16(15)18(3)11-13-9-14(19)10-13/h5-8,12-14,17,19H,4,9-11H2,1-3H3. The molecule has 2 N–H and O–H groups in total. The molecule has 0 aliphatic heterocycles. The maximum Gasteiger partial charge on any atom is 0.0546 e. The largest absolute Gasteiger partial charge is 0.393 e. The van der Waals surface area contributed by atoms with Crippen LogP contribution in [0.3, 0.4) is 0 Å². The highest BCUT2D eigenvalue weighted by atomic mass is 16.3. The van der Waals surface area contributed by atoms with Gasteiger partial charge in [-0.2, -0.15) is 0 Å². The van der Waals surface area contributed by atoms with E-state index < -0.39 is 0 Å². The maximum atomic E-state index is 9.39. The Morgan fingerprint density at radius 1 is 1.37 bits per heavy atom. The fraction of sp³-hybridized carbons (Fsp3) is 0.625. The molecule has 1 saturated carbocycles. The lowest BCUT2D eigenvalue weighted by molar-refractivity contribution is 0.0464. The molecule has 1 unspecified atom stereocenters. The minimum Gasteiger partial charge on any atom is -0.393 e. The summed E-state index contributed by atoms with van der Waals surface area (Å²) < 4.78 is 0. The molecule has 0 amide bonds. The summed E-state index contributed by atoms with van der Waals surface area (Å²) in [6, 6.07) is 8.97. The van der Waals surface area contributed by atoms with Gasteiger partial charge in [0.2, 0.25) is 0 Å². The summed E-state index contributed by atoms with van der Waals surface area (Å²) in [5.41, 5.74) is 2.66. The summed E-state index contributed by atoms with van der Waals surface area (Å²) in [4.78, 5) is 2.33. The van der Waals surface area contributed by atoms with E-state index in [1.54, 1.807) is 0 Å². The Labute approximate surface area is 116 Å². The number of benzene rings is 1. The van der Waals surface area contributed by atoms with Crippen LogP contribution in [0.4, 0.5) is 5.69 Å². The van der Waals surface area contributed by atoms with Crippen molar-refractivity contribution < 1.29 is 5.11 Å². The molecule has 0 radical (unpaired) electrons. The number of hydrogen-bond acceptors (Lipinski definition) is 3. The number of anilines is 1. The minimum absolute atomic E-state index is 0.0608. The Morgan fingerprint density at radius 2 is 2.05 bits per heavy atom. The van der Waals surface area contributed by atoms with E-state index in [1.807, 2.05) is 0 Å². The highest BCUT2D eigenvalue weighted by Gasteiger charge is 2.28. The first-order valence-corrected chi connectivity index (χ1v) is 7.33. The van der Waals surface area contributed by atoms with E-state index >= 15 is 0 Å². The van der Waals surface area contributed by atoms with Crippen LogP contribution in [0.5, 0.6) is 0 Å². The summed E-state index contributed by atoms with van der Waals surface area (Å²) in [6.45, 7) is 6.36. The van der Waals surface area contributed by atoms with Crippen LogP contribution in [0.25, 0.3) is 0 Å². The normalized spacial score (nSPS) is 23.8. The Balaban J connectivity index is 2.05. The van der Waals surface area contributed by atoms with Crippen LogP contribution >= 0.6 is 0 Å². The van der Waals surface area contributed by atoms with Gasteiger partial charge in [0.15, 0.2) is 0 Å². The average Bonchev–Trinajstić information content (AvgIpc) is 2.37. The van der Waals surface area contributed by atoms with Gasteiger partial charge in [-0.05, 0) is 43.9 Å². The Bertz CT molecular complexity index is 401. The van der Waals surface area contributed by atoms with Crippen molar-refractivity contribution in [3.63, 3.8) is 0 Å². The first-order chi connectivity index (χ1) is 9.11. The van der Waals surface area contributed by atoms with Gasteiger partial charge in [0.1, 0.15) is 0 Å². The number of aliphatic hydroxyl groups is 1. The van der Waals surface area contributed by atoms with Gasteiger partial charge < -0.3 is 15.3 Å². The predicted octanol–water partition coefficient (Wildman–Crippen LogP) is 2.56. The third kappa shape index (κ3) is 3.48. The molecule has 1 aromatic carbocycles. The third-order valence-corrected chi connectivity index (χ3v) is 4.07. The van der Waals surface area contributed by atoms with Crippen molar-refractivity contribution in [2.75, 3.05) is 25.0 Å². The molecule has 1 fully saturated rings. The SMILES string of the molecule is CCNC(C)c1ccccc1N(C)CC1CC(O)C1. The highest BCUT2D eigenvalue weighted by molar-refractivity contribution is 5.54. The predicted molar refractivity (Wildman–Crippen MR) is 80.5 cm³/mol. The van der Waals surface area contributed by atoms with Crippen LogP contribution in [0.1, 0.15) is 38.3 Å². The Kier molecular flexibility index (Phi) is 4.83. The maximum absolute atomic E-state index is 9.39. The molecule has 1 aromatic rings. The second-order valence-electron chi connectivity index (χ2n) is 5.71. The Morgan fingerprint density at radius 3 is 2.68 bits per heavy atom. The molecule has 3 heteroatoms. The molecule has 3 nitrogen and oxygen atoms in total. The van der Waals surface area contributed by atoms with Crippen molar-refractivity contribution in [2.24, 2.45) is 5.92 Å². The molecule has 0 bridgehead atoms. The van der Waals surface area contributed by atoms with Crippen LogP contribution in [-0.2, 0) is 0 Å². The monoisotopic (exact) mass is 262 g/mol. The van der Waals surface area contributed by atoms with E-state index in [1.165, 1.54) is 11.3 Å². The molecular formula is C16H26N2O. The van der Waals surface area contributed by atoms with Gasteiger partial charge in [-0.3, -0.25) is 0 Å². The second kappa shape index (κ2) is 6.40. The van der Waals surface area contributed by atoms with Gasteiger partial charge in [-0.25, -0.2) is 0 Å². The van der Waals surface area contributed by atoms with Crippen molar-refractivity contribution in [1.82, 2.24) is 5.32 Å². The van der Waals surface area contributed by atoms with Crippen molar-refractivity contribution in [3.05, 3.63) is 29.8 Å². The first-order valence-electron chi connectivity index (χ1n) is 7.33. The van der Waals surface area contributed by atoms with Crippen LogP contribution < -0.4 is 10.2 Å². The van der Waals surface area contributed by atoms with Crippen LogP contribution in [-0.4, -0.2) is 31.3 Å². The molecule has 1 aliphatic rings. The van der Waals surface area contributed by atoms with Gasteiger partial charge in [0.05, 0.1) is 6.10 Å². The van der Waals surface area contributed by atoms with Crippen molar-refractivity contribution in [3.8, 4) is 0 Å². The van der Waals surface area contributed by atoms with Crippen molar-refractivity contribution >= 4 is 5.69 Å². The molecule has 0 heterocycles. The first kappa shape index (κ1) is 14.4. The fourth-order valence-electron chi connectivity index (χ4n) is 2.95. The molecule has 106 valence electrons. The lowest BCUT2D eigenvalue weighted by Gasteiger charge is -2.36. The minimum atomic E-state index is -0.0608. The lowest BCUT2D eigenvalue weighted by atomic mass is 9.82. The zero-order valence-corrected chi connectivity index (χ0v) is 12.3. The van der Waals surface area contributed by atoms with E-state index in [-0.39, 0.29) is 6.10 Å². The van der Waals surface area contributed by atoms with Gasteiger partial charge in [0, 0.05) is 25.3 Å². The molecule has 0 saturated heterocycles. The average molecular weight is 262 g/mol. The zero-order chi connectivity index (χ0) is 13.8. The third-order valence-electron chi connectivity index (χ3n) is 4.07. The number of para-hydroxylation sites is 1. The summed E-state index contributed by atoms with van der Waals surface area (Å²) in [7, 11) is 2.15. The number of hydrogen-bond donors (Lipinski definition) is 2. The van der Waals surface area contributed by atoms with Gasteiger partial charge in [-0.1, -0.05) is 25.1 Å². The summed E-state index contributed by atoms with van der Waals surface area (Å²) >= 11 is 0. The quantitative estimate of drug-likeness (QED) is 0.827. The summed E-state index contributed by atoms with van der Waals surface area (Å²) in [6.07, 6.45) is 1.85. The number of rotatable bonds is 6. The van der Waals surface area contributed by atoms with Crippen LogP contribution in [0.15, 0.2) is 24.3 Å². The van der Waals surface area contributed by atoms with E-state index in [0.29, 0.717) is 12.0 Å². The van der Waals surface area contributed by atoms with Crippen molar-refractivity contribution in [1.29, 1.82) is 0 Å². The van der Waals surface area contributed by atoms with Crippen LogP contribution in [0.2, 0.25) is 0 Å². The molecule has 0 spiro atoms. The molecule has 19 heavy (non-hydrogen) atoms. The Hall–Kier alpha value is -1.06. The van der Waals surface area contributed by atoms with E-state index in [0.717, 1.165) is 25.9 Å². The molecule has 1 aliphatic carbocycles. The fourth-order valence-corrected chi connectivity index (χ4v) is 2.95. The second-order valence-corrected chi connectivity index (χ2v) is 5.71. The smallest absolute Gasteiger partial charge is 0.0546 e.